The minimum Gasteiger partial charge on any atom is -0.248 e. The number of nitrogens with zero attached hydrogens (tertiary/aromatic N) is 1. The lowest BCUT2D eigenvalue weighted by molar-refractivity contribution is 1.30. The minimum absolute atomic E-state index is 1.06. The highest BCUT2D eigenvalue weighted by Crippen LogP contribution is 2.27. The van der Waals surface area contributed by atoms with Crippen LogP contribution in [-0.4, -0.2) is 4.98 Å². The molecule has 0 saturated carbocycles. The standard InChI is InChI=1S/C18H17N/c1-12-8-9-17-15(10-12)11-14(3)18(19-17)16-7-5-4-6-13(16)2/h4-11H,1-3H3. The summed E-state index contributed by atoms with van der Waals surface area (Å²) in [5.74, 6) is 0. The maximum absolute atomic E-state index is 4.85. The summed E-state index contributed by atoms with van der Waals surface area (Å²) in [7, 11) is 0. The molecule has 1 aromatic heterocycles. The molecule has 0 spiro atoms. The summed E-state index contributed by atoms with van der Waals surface area (Å²) in [6.45, 7) is 6.39. The van der Waals surface area contributed by atoms with Crippen molar-refractivity contribution in [3.63, 3.8) is 0 Å². The van der Waals surface area contributed by atoms with Gasteiger partial charge in [-0.05, 0) is 50.1 Å². The summed E-state index contributed by atoms with van der Waals surface area (Å²) in [6, 6.07) is 17.1. The molecule has 3 rings (SSSR count). The van der Waals surface area contributed by atoms with Crippen molar-refractivity contribution in [3.8, 4) is 11.3 Å². The van der Waals surface area contributed by atoms with Gasteiger partial charge in [0, 0.05) is 10.9 Å². The number of fused-ring (bicyclic) bond motifs is 1. The Bertz CT molecular complexity index is 757. The van der Waals surface area contributed by atoms with Gasteiger partial charge in [0.05, 0.1) is 11.2 Å². The van der Waals surface area contributed by atoms with Crippen LogP contribution < -0.4 is 0 Å². The monoisotopic (exact) mass is 247 g/mol. The van der Waals surface area contributed by atoms with E-state index < -0.39 is 0 Å². The van der Waals surface area contributed by atoms with E-state index in [4.69, 9.17) is 4.98 Å². The number of hydrogen-bond acceptors (Lipinski definition) is 1. The average molecular weight is 247 g/mol. The molecule has 0 aliphatic carbocycles. The highest BCUT2D eigenvalue weighted by Gasteiger charge is 2.08. The Morgan fingerprint density at radius 1 is 0.789 bits per heavy atom. The normalized spacial score (nSPS) is 10.9. The smallest absolute Gasteiger partial charge is 0.0741 e. The lowest BCUT2D eigenvalue weighted by Gasteiger charge is -2.10. The molecule has 1 heterocycles. The lowest BCUT2D eigenvalue weighted by atomic mass is 10.00. The molecule has 94 valence electrons. The van der Waals surface area contributed by atoms with Crippen LogP contribution in [0.3, 0.4) is 0 Å². The molecule has 0 radical (unpaired) electrons. The van der Waals surface area contributed by atoms with Crippen LogP contribution in [-0.2, 0) is 0 Å². The number of rotatable bonds is 1. The van der Waals surface area contributed by atoms with Gasteiger partial charge < -0.3 is 0 Å². The first kappa shape index (κ1) is 11.9. The van der Waals surface area contributed by atoms with Crippen LogP contribution in [0.4, 0.5) is 0 Å². The van der Waals surface area contributed by atoms with Crippen molar-refractivity contribution in [2.75, 3.05) is 0 Å². The predicted octanol–water partition coefficient (Wildman–Crippen LogP) is 4.83. The van der Waals surface area contributed by atoms with Crippen molar-refractivity contribution < 1.29 is 0 Å². The van der Waals surface area contributed by atoms with Gasteiger partial charge in [0.15, 0.2) is 0 Å². The molecular formula is C18H17N. The largest absolute Gasteiger partial charge is 0.248 e. The number of aromatic nitrogens is 1. The molecular weight excluding hydrogens is 230 g/mol. The molecule has 0 fully saturated rings. The van der Waals surface area contributed by atoms with Crippen LogP contribution >= 0.6 is 0 Å². The van der Waals surface area contributed by atoms with Crippen LogP contribution in [0, 0.1) is 20.8 Å². The fourth-order valence-corrected chi connectivity index (χ4v) is 2.51. The van der Waals surface area contributed by atoms with E-state index in [1.807, 2.05) is 0 Å². The Balaban J connectivity index is 2.28. The summed E-state index contributed by atoms with van der Waals surface area (Å²) >= 11 is 0. The van der Waals surface area contributed by atoms with Crippen LogP contribution in [0.15, 0.2) is 48.5 Å². The van der Waals surface area contributed by atoms with E-state index in [0.29, 0.717) is 0 Å². The van der Waals surface area contributed by atoms with Gasteiger partial charge in [-0.3, -0.25) is 0 Å². The molecule has 0 atom stereocenters. The Kier molecular flexibility index (Phi) is 2.83. The molecule has 0 bridgehead atoms. The van der Waals surface area contributed by atoms with Crippen LogP contribution in [0.25, 0.3) is 22.2 Å². The molecule has 0 unspecified atom stereocenters. The van der Waals surface area contributed by atoms with Crippen molar-refractivity contribution in [1.82, 2.24) is 4.98 Å². The van der Waals surface area contributed by atoms with Crippen molar-refractivity contribution >= 4 is 10.9 Å². The molecule has 19 heavy (non-hydrogen) atoms. The van der Waals surface area contributed by atoms with E-state index in [-0.39, 0.29) is 0 Å². The zero-order chi connectivity index (χ0) is 13.4. The van der Waals surface area contributed by atoms with Gasteiger partial charge in [-0.25, -0.2) is 4.98 Å². The maximum Gasteiger partial charge on any atom is 0.0741 e. The van der Waals surface area contributed by atoms with Crippen molar-refractivity contribution in [2.45, 2.75) is 20.8 Å². The lowest BCUT2D eigenvalue weighted by Crippen LogP contribution is -1.92. The molecule has 0 aliphatic heterocycles. The average Bonchev–Trinajstić information content (AvgIpc) is 2.39. The quantitative estimate of drug-likeness (QED) is 0.600. The zero-order valence-corrected chi connectivity index (χ0v) is 11.6. The second-order valence-electron chi connectivity index (χ2n) is 5.16. The Hall–Kier alpha value is -2.15. The highest BCUT2D eigenvalue weighted by molar-refractivity contribution is 5.84. The first-order valence-corrected chi connectivity index (χ1v) is 6.59. The van der Waals surface area contributed by atoms with E-state index in [9.17, 15) is 0 Å². The summed E-state index contributed by atoms with van der Waals surface area (Å²) in [6.07, 6.45) is 0. The van der Waals surface area contributed by atoms with Crippen LogP contribution in [0.2, 0.25) is 0 Å². The number of aryl methyl sites for hydroxylation is 3. The molecule has 3 aromatic rings. The fraction of sp³-hybridized carbons (Fsp3) is 0.167. The number of hydrogen-bond donors (Lipinski definition) is 0. The van der Waals surface area contributed by atoms with Crippen molar-refractivity contribution in [1.29, 1.82) is 0 Å². The van der Waals surface area contributed by atoms with Crippen LogP contribution in [0.1, 0.15) is 16.7 Å². The summed E-state index contributed by atoms with van der Waals surface area (Å²) in [5, 5.41) is 1.22. The second-order valence-corrected chi connectivity index (χ2v) is 5.16. The molecule has 0 aliphatic rings. The first-order valence-electron chi connectivity index (χ1n) is 6.59. The molecule has 0 amide bonds. The Morgan fingerprint density at radius 2 is 1.58 bits per heavy atom. The van der Waals surface area contributed by atoms with E-state index in [2.05, 4.69) is 69.3 Å². The van der Waals surface area contributed by atoms with E-state index in [1.54, 1.807) is 0 Å². The van der Waals surface area contributed by atoms with Gasteiger partial charge in [-0.2, -0.15) is 0 Å². The van der Waals surface area contributed by atoms with Gasteiger partial charge in [0.2, 0.25) is 0 Å². The van der Waals surface area contributed by atoms with E-state index in [0.717, 1.165) is 11.2 Å². The highest BCUT2D eigenvalue weighted by atomic mass is 14.7. The summed E-state index contributed by atoms with van der Waals surface area (Å²) < 4.78 is 0. The van der Waals surface area contributed by atoms with Gasteiger partial charge in [0.25, 0.3) is 0 Å². The molecule has 0 N–H and O–H groups in total. The molecule has 0 saturated heterocycles. The third-order valence-corrected chi connectivity index (χ3v) is 3.56. The fourth-order valence-electron chi connectivity index (χ4n) is 2.51. The van der Waals surface area contributed by atoms with E-state index in [1.165, 1.54) is 27.6 Å². The van der Waals surface area contributed by atoms with Crippen molar-refractivity contribution in [3.05, 3.63) is 65.2 Å². The Labute approximate surface area is 113 Å². The van der Waals surface area contributed by atoms with Gasteiger partial charge in [0.1, 0.15) is 0 Å². The first-order chi connectivity index (χ1) is 9.15. The third kappa shape index (κ3) is 2.12. The van der Waals surface area contributed by atoms with Crippen LogP contribution in [0.5, 0.6) is 0 Å². The number of pyridine rings is 1. The van der Waals surface area contributed by atoms with Gasteiger partial charge in [-0.15, -0.1) is 0 Å². The SMILES string of the molecule is Cc1ccc2nc(-c3ccccc3C)c(C)cc2c1. The molecule has 1 nitrogen and oxygen atoms in total. The van der Waals surface area contributed by atoms with E-state index >= 15 is 0 Å². The van der Waals surface area contributed by atoms with Gasteiger partial charge in [-0.1, -0.05) is 35.9 Å². The number of benzene rings is 2. The maximum atomic E-state index is 4.85. The topological polar surface area (TPSA) is 12.9 Å². The molecule has 2 aromatic carbocycles. The zero-order valence-electron chi connectivity index (χ0n) is 11.6. The predicted molar refractivity (Wildman–Crippen MR) is 81.4 cm³/mol. The second kappa shape index (κ2) is 4.51. The van der Waals surface area contributed by atoms with Crippen molar-refractivity contribution in [2.24, 2.45) is 0 Å². The molecule has 1 heteroatoms. The minimum atomic E-state index is 1.06. The summed E-state index contributed by atoms with van der Waals surface area (Å²) in [4.78, 5) is 4.85. The summed E-state index contributed by atoms with van der Waals surface area (Å²) in [5.41, 5.74) is 7.15. The third-order valence-electron chi connectivity index (χ3n) is 3.56. The van der Waals surface area contributed by atoms with Gasteiger partial charge >= 0.3 is 0 Å². The Morgan fingerprint density at radius 3 is 2.37 bits per heavy atom.